The molecule has 1 aromatic rings. The standard InChI is InChI=1S/C16H22N2O/c1-12-4-2-5-15(12)17-13-7-9-14(10-8-13)18-11-3-6-16(18)19/h7-10,12,15,17H,2-6,11H2,1H3. The number of nitrogens with one attached hydrogen (secondary N) is 1. The van der Waals surface area contributed by atoms with Crippen LogP contribution in [0, 0.1) is 5.92 Å². The lowest BCUT2D eigenvalue weighted by atomic mass is 10.1. The van der Waals surface area contributed by atoms with Gasteiger partial charge in [-0.1, -0.05) is 13.3 Å². The number of carbonyl (C=O) groups is 1. The number of carbonyl (C=O) groups excluding carboxylic acids is 1. The van der Waals surface area contributed by atoms with Gasteiger partial charge < -0.3 is 10.2 Å². The predicted octanol–water partition coefficient (Wildman–Crippen LogP) is 3.41. The van der Waals surface area contributed by atoms with Crippen molar-refractivity contribution in [2.45, 2.75) is 45.1 Å². The number of hydrogen-bond donors (Lipinski definition) is 1. The second-order valence-electron chi connectivity index (χ2n) is 5.85. The van der Waals surface area contributed by atoms with Crippen molar-refractivity contribution in [3.63, 3.8) is 0 Å². The van der Waals surface area contributed by atoms with E-state index in [1.807, 2.05) is 4.90 Å². The summed E-state index contributed by atoms with van der Waals surface area (Å²) >= 11 is 0. The number of benzene rings is 1. The molecule has 0 spiro atoms. The van der Waals surface area contributed by atoms with Gasteiger partial charge in [0.05, 0.1) is 0 Å². The first-order valence-corrected chi connectivity index (χ1v) is 7.41. The molecule has 3 nitrogen and oxygen atoms in total. The highest BCUT2D eigenvalue weighted by molar-refractivity contribution is 5.95. The van der Waals surface area contributed by atoms with Gasteiger partial charge in [0, 0.05) is 30.4 Å². The highest BCUT2D eigenvalue weighted by atomic mass is 16.2. The fourth-order valence-corrected chi connectivity index (χ4v) is 3.23. The normalized spacial score (nSPS) is 27.0. The lowest BCUT2D eigenvalue weighted by molar-refractivity contribution is -0.117. The maximum atomic E-state index is 11.7. The Balaban J connectivity index is 1.67. The van der Waals surface area contributed by atoms with E-state index in [1.165, 1.54) is 24.9 Å². The second-order valence-corrected chi connectivity index (χ2v) is 5.85. The third-order valence-electron chi connectivity index (χ3n) is 4.47. The van der Waals surface area contributed by atoms with E-state index in [1.54, 1.807) is 0 Å². The van der Waals surface area contributed by atoms with E-state index >= 15 is 0 Å². The Hall–Kier alpha value is -1.51. The van der Waals surface area contributed by atoms with Crippen molar-refractivity contribution in [2.75, 3.05) is 16.8 Å². The van der Waals surface area contributed by atoms with Gasteiger partial charge in [0.25, 0.3) is 0 Å². The van der Waals surface area contributed by atoms with Crippen LogP contribution in [0.3, 0.4) is 0 Å². The molecule has 1 aliphatic carbocycles. The van der Waals surface area contributed by atoms with Crippen LogP contribution in [0.25, 0.3) is 0 Å². The second kappa shape index (κ2) is 5.24. The van der Waals surface area contributed by atoms with Crippen molar-refractivity contribution < 1.29 is 4.79 Å². The van der Waals surface area contributed by atoms with Crippen LogP contribution in [0.1, 0.15) is 39.0 Å². The fraction of sp³-hybridized carbons (Fsp3) is 0.562. The number of rotatable bonds is 3. The Bertz CT molecular complexity index is 454. The van der Waals surface area contributed by atoms with Crippen LogP contribution in [-0.2, 0) is 4.79 Å². The van der Waals surface area contributed by atoms with E-state index in [2.05, 4.69) is 36.5 Å². The third kappa shape index (κ3) is 2.60. The summed E-state index contributed by atoms with van der Waals surface area (Å²) in [6.07, 6.45) is 5.61. The van der Waals surface area contributed by atoms with Crippen LogP contribution < -0.4 is 10.2 Å². The lowest BCUT2D eigenvalue weighted by Crippen LogP contribution is -2.24. The smallest absolute Gasteiger partial charge is 0.227 e. The van der Waals surface area contributed by atoms with Crippen LogP contribution in [-0.4, -0.2) is 18.5 Å². The summed E-state index contributed by atoms with van der Waals surface area (Å²) in [5.41, 5.74) is 2.21. The summed E-state index contributed by atoms with van der Waals surface area (Å²) in [6.45, 7) is 3.19. The number of nitrogens with zero attached hydrogens (tertiary/aromatic N) is 1. The van der Waals surface area contributed by atoms with Crippen LogP contribution in [0.2, 0.25) is 0 Å². The van der Waals surface area contributed by atoms with E-state index in [0.29, 0.717) is 12.5 Å². The maximum absolute atomic E-state index is 11.7. The van der Waals surface area contributed by atoms with E-state index in [9.17, 15) is 4.79 Å². The van der Waals surface area contributed by atoms with E-state index < -0.39 is 0 Å². The summed E-state index contributed by atoms with van der Waals surface area (Å²) < 4.78 is 0. The molecule has 1 aliphatic heterocycles. The number of amides is 1. The Morgan fingerprint density at radius 2 is 1.95 bits per heavy atom. The first-order chi connectivity index (χ1) is 9.24. The zero-order valence-electron chi connectivity index (χ0n) is 11.6. The third-order valence-corrected chi connectivity index (χ3v) is 4.47. The zero-order valence-corrected chi connectivity index (χ0v) is 11.6. The maximum Gasteiger partial charge on any atom is 0.227 e. The first kappa shape index (κ1) is 12.5. The molecular weight excluding hydrogens is 236 g/mol. The van der Waals surface area contributed by atoms with Gasteiger partial charge in [0.15, 0.2) is 0 Å². The highest BCUT2D eigenvalue weighted by Gasteiger charge is 2.24. The molecule has 0 radical (unpaired) electrons. The number of anilines is 2. The molecule has 2 atom stereocenters. The van der Waals surface area contributed by atoms with Crippen molar-refractivity contribution in [2.24, 2.45) is 5.92 Å². The average Bonchev–Trinajstić information content (AvgIpc) is 3.00. The average molecular weight is 258 g/mol. The molecule has 1 amide bonds. The van der Waals surface area contributed by atoms with Gasteiger partial charge in [-0.05, 0) is 49.4 Å². The summed E-state index contributed by atoms with van der Waals surface area (Å²) in [4.78, 5) is 13.6. The van der Waals surface area contributed by atoms with Crippen molar-refractivity contribution in [1.29, 1.82) is 0 Å². The molecule has 1 saturated carbocycles. The highest BCUT2D eigenvalue weighted by Crippen LogP contribution is 2.29. The van der Waals surface area contributed by atoms with E-state index in [4.69, 9.17) is 0 Å². The number of hydrogen-bond acceptors (Lipinski definition) is 2. The van der Waals surface area contributed by atoms with Crippen molar-refractivity contribution in [3.05, 3.63) is 24.3 Å². The largest absolute Gasteiger partial charge is 0.382 e. The van der Waals surface area contributed by atoms with E-state index in [-0.39, 0.29) is 5.91 Å². The molecule has 102 valence electrons. The SMILES string of the molecule is CC1CCCC1Nc1ccc(N2CCCC2=O)cc1. The van der Waals surface area contributed by atoms with Gasteiger partial charge >= 0.3 is 0 Å². The molecule has 1 heterocycles. The van der Waals surface area contributed by atoms with Gasteiger partial charge in [0.1, 0.15) is 0 Å². The van der Waals surface area contributed by atoms with Crippen LogP contribution in [0.15, 0.2) is 24.3 Å². The topological polar surface area (TPSA) is 32.3 Å². The van der Waals surface area contributed by atoms with Gasteiger partial charge in [-0.2, -0.15) is 0 Å². The molecule has 2 unspecified atom stereocenters. The first-order valence-electron chi connectivity index (χ1n) is 7.41. The molecule has 0 bridgehead atoms. The summed E-state index contributed by atoms with van der Waals surface area (Å²) in [5.74, 6) is 1.02. The molecule has 3 heteroatoms. The fourth-order valence-electron chi connectivity index (χ4n) is 3.23. The minimum Gasteiger partial charge on any atom is -0.382 e. The summed E-state index contributed by atoms with van der Waals surface area (Å²) in [5, 5.41) is 3.62. The summed E-state index contributed by atoms with van der Waals surface area (Å²) in [7, 11) is 0. The molecular formula is C16H22N2O. The molecule has 1 N–H and O–H groups in total. The van der Waals surface area contributed by atoms with Crippen LogP contribution in [0.4, 0.5) is 11.4 Å². The van der Waals surface area contributed by atoms with Gasteiger partial charge in [-0.15, -0.1) is 0 Å². The van der Waals surface area contributed by atoms with Gasteiger partial charge in [0.2, 0.25) is 5.91 Å². The van der Waals surface area contributed by atoms with Gasteiger partial charge in [-0.3, -0.25) is 4.79 Å². The van der Waals surface area contributed by atoms with E-state index in [0.717, 1.165) is 24.6 Å². The van der Waals surface area contributed by atoms with Crippen molar-refractivity contribution >= 4 is 17.3 Å². The quantitative estimate of drug-likeness (QED) is 0.901. The minimum atomic E-state index is 0.255. The van der Waals surface area contributed by atoms with Crippen molar-refractivity contribution in [3.8, 4) is 0 Å². The monoisotopic (exact) mass is 258 g/mol. The summed E-state index contributed by atoms with van der Waals surface area (Å²) in [6, 6.07) is 8.94. The molecule has 3 rings (SSSR count). The Morgan fingerprint density at radius 1 is 1.16 bits per heavy atom. The van der Waals surface area contributed by atoms with Crippen LogP contribution >= 0.6 is 0 Å². The minimum absolute atomic E-state index is 0.255. The zero-order chi connectivity index (χ0) is 13.2. The Kier molecular flexibility index (Phi) is 3.45. The molecule has 0 aromatic heterocycles. The predicted molar refractivity (Wildman–Crippen MR) is 78.5 cm³/mol. The molecule has 2 fully saturated rings. The molecule has 1 saturated heterocycles. The molecule has 2 aliphatic rings. The van der Waals surface area contributed by atoms with Gasteiger partial charge in [-0.25, -0.2) is 0 Å². The van der Waals surface area contributed by atoms with Crippen molar-refractivity contribution in [1.82, 2.24) is 0 Å². The Morgan fingerprint density at radius 3 is 2.53 bits per heavy atom. The van der Waals surface area contributed by atoms with Crippen LogP contribution in [0.5, 0.6) is 0 Å². The molecule has 19 heavy (non-hydrogen) atoms. The molecule has 1 aromatic carbocycles. The lowest BCUT2D eigenvalue weighted by Gasteiger charge is -2.20. The Labute approximate surface area is 115 Å².